The number of carbonyl (C=O) groups excluding carboxylic acids is 1. The number of hydrogen-bond acceptors (Lipinski definition) is 7. The summed E-state index contributed by atoms with van der Waals surface area (Å²) >= 11 is 1.48. The molecule has 8 heteroatoms. The number of amides is 1. The molecule has 3 heterocycles. The van der Waals surface area contributed by atoms with E-state index in [1.165, 1.54) is 11.3 Å². The summed E-state index contributed by atoms with van der Waals surface area (Å²) in [6.07, 6.45) is 0.752. The maximum Gasteiger partial charge on any atom is 0.349 e. The number of carbonyl (C=O) groups is 1. The van der Waals surface area contributed by atoms with Crippen LogP contribution in [0.1, 0.15) is 27.9 Å². The van der Waals surface area contributed by atoms with Crippen molar-refractivity contribution in [1.82, 2.24) is 9.88 Å². The van der Waals surface area contributed by atoms with Gasteiger partial charge in [0.15, 0.2) is 5.13 Å². The standard InChI is InChI=1S/C30H29N3O4S/c1-19-16-20(2)27-26(17-19)38-30(31-27)33(11-5-10-32-12-14-36-15-13-32)28(34)24-18-23-22-7-4-3-6-21(22)8-9-25(23)37-29(24)35/h3-4,6-9,16-18H,5,10-15H2,1-2H3. The largest absolute Gasteiger partial charge is 0.422 e. The van der Waals surface area contributed by atoms with Gasteiger partial charge in [-0.1, -0.05) is 47.7 Å². The highest BCUT2D eigenvalue weighted by atomic mass is 32.1. The SMILES string of the molecule is Cc1cc(C)c2nc(N(CCCN3CCOCC3)C(=O)c3cc4c(ccc5ccccc54)oc3=O)sc2c1. The van der Waals surface area contributed by atoms with Crippen LogP contribution in [-0.4, -0.2) is 55.2 Å². The first-order chi connectivity index (χ1) is 18.5. The lowest BCUT2D eigenvalue weighted by atomic mass is 10.0. The van der Waals surface area contributed by atoms with Gasteiger partial charge in [0.1, 0.15) is 11.1 Å². The Morgan fingerprint density at radius 2 is 1.87 bits per heavy atom. The number of benzene rings is 3. The molecule has 194 valence electrons. The van der Waals surface area contributed by atoms with Gasteiger partial charge in [-0.2, -0.15) is 0 Å². The van der Waals surface area contributed by atoms with Crippen LogP contribution in [0.5, 0.6) is 0 Å². The summed E-state index contributed by atoms with van der Waals surface area (Å²) in [5.41, 5.74) is 2.96. The quantitative estimate of drug-likeness (QED) is 0.213. The number of ether oxygens (including phenoxy) is 1. The molecule has 0 aliphatic carbocycles. The summed E-state index contributed by atoms with van der Waals surface area (Å²) in [6.45, 7) is 8.60. The van der Waals surface area contributed by atoms with Gasteiger partial charge in [0.25, 0.3) is 5.91 Å². The molecular weight excluding hydrogens is 498 g/mol. The number of hydrogen-bond donors (Lipinski definition) is 0. The van der Waals surface area contributed by atoms with Gasteiger partial charge >= 0.3 is 5.63 Å². The molecule has 5 aromatic rings. The van der Waals surface area contributed by atoms with E-state index in [-0.39, 0.29) is 11.5 Å². The fourth-order valence-electron chi connectivity index (χ4n) is 5.20. The van der Waals surface area contributed by atoms with Crippen LogP contribution in [0.25, 0.3) is 32.0 Å². The molecule has 1 fully saturated rings. The number of rotatable bonds is 6. The van der Waals surface area contributed by atoms with E-state index in [0.29, 0.717) is 17.3 Å². The number of fused-ring (bicyclic) bond motifs is 4. The zero-order valence-corrected chi connectivity index (χ0v) is 22.3. The van der Waals surface area contributed by atoms with Crippen LogP contribution in [0.4, 0.5) is 5.13 Å². The number of aromatic nitrogens is 1. The molecule has 0 bridgehead atoms. The van der Waals surface area contributed by atoms with E-state index in [4.69, 9.17) is 14.1 Å². The smallest absolute Gasteiger partial charge is 0.349 e. The van der Waals surface area contributed by atoms with Crippen molar-refractivity contribution in [2.75, 3.05) is 44.3 Å². The number of morpholine rings is 1. The van der Waals surface area contributed by atoms with Gasteiger partial charge in [-0.3, -0.25) is 14.6 Å². The van der Waals surface area contributed by atoms with E-state index in [1.807, 2.05) is 37.3 Å². The van der Waals surface area contributed by atoms with Crippen LogP contribution < -0.4 is 10.5 Å². The van der Waals surface area contributed by atoms with Gasteiger partial charge in [0, 0.05) is 31.6 Å². The van der Waals surface area contributed by atoms with Crippen molar-refractivity contribution >= 4 is 54.3 Å². The predicted molar refractivity (Wildman–Crippen MR) is 153 cm³/mol. The zero-order valence-electron chi connectivity index (χ0n) is 21.5. The summed E-state index contributed by atoms with van der Waals surface area (Å²) in [5, 5.41) is 3.30. The number of anilines is 1. The van der Waals surface area contributed by atoms with Crippen molar-refractivity contribution in [2.24, 2.45) is 0 Å². The Morgan fingerprint density at radius 1 is 1.05 bits per heavy atom. The molecule has 3 aromatic carbocycles. The minimum Gasteiger partial charge on any atom is -0.422 e. The summed E-state index contributed by atoms with van der Waals surface area (Å²) < 4.78 is 12.2. The zero-order chi connectivity index (χ0) is 26.2. The average molecular weight is 528 g/mol. The Balaban J connectivity index is 1.40. The highest BCUT2D eigenvalue weighted by Gasteiger charge is 2.26. The second kappa shape index (κ2) is 10.3. The molecule has 1 amide bonds. The second-order valence-electron chi connectivity index (χ2n) is 9.84. The van der Waals surface area contributed by atoms with Gasteiger partial charge < -0.3 is 9.15 Å². The molecule has 0 atom stereocenters. The molecule has 1 aliphatic rings. The fraction of sp³-hybridized carbons (Fsp3) is 0.300. The lowest BCUT2D eigenvalue weighted by Crippen LogP contribution is -2.40. The molecule has 1 saturated heterocycles. The highest BCUT2D eigenvalue weighted by Crippen LogP contribution is 2.33. The first-order valence-corrected chi connectivity index (χ1v) is 13.7. The van der Waals surface area contributed by atoms with Gasteiger partial charge in [0.05, 0.1) is 23.4 Å². The molecule has 0 radical (unpaired) electrons. The van der Waals surface area contributed by atoms with Crippen LogP contribution in [0.15, 0.2) is 63.8 Å². The fourth-order valence-corrected chi connectivity index (χ4v) is 6.37. The minimum atomic E-state index is -0.635. The van der Waals surface area contributed by atoms with E-state index in [0.717, 1.165) is 76.8 Å². The highest BCUT2D eigenvalue weighted by molar-refractivity contribution is 7.22. The molecule has 2 aromatic heterocycles. The van der Waals surface area contributed by atoms with Gasteiger partial charge in [-0.25, -0.2) is 9.78 Å². The first-order valence-electron chi connectivity index (χ1n) is 12.9. The lowest BCUT2D eigenvalue weighted by molar-refractivity contribution is 0.0376. The van der Waals surface area contributed by atoms with Crippen molar-refractivity contribution in [3.63, 3.8) is 0 Å². The number of nitrogens with zero attached hydrogens (tertiary/aromatic N) is 3. The minimum absolute atomic E-state index is 0.0207. The maximum atomic E-state index is 14.1. The van der Waals surface area contributed by atoms with Crippen LogP contribution in [-0.2, 0) is 4.74 Å². The Labute approximate surface area is 224 Å². The number of aryl methyl sites for hydroxylation is 2. The normalized spacial score (nSPS) is 14.5. The van der Waals surface area contributed by atoms with E-state index in [1.54, 1.807) is 17.0 Å². The maximum absolute atomic E-state index is 14.1. The van der Waals surface area contributed by atoms with Gasteiger partial charge in [-0.05, 0) is 60.4 Å². The number of thiazole rings is 1. The summed E-state index contributed by atoms with van der Waals surface area (Å²) in [4.78, 5) is 36.0. The lowest BCUT2D eigenvalue weighted by Gasteiger charge is -2.27. The van der Waals surface area contributed by atoms with Crippen LogP contribution >= 0.6 is 11.3 Å². The van der Waals surface area contributed by atoms with Crippen molar-refractivity contribution in [1.29, 1.82) is 0 Å². The van der Waals surface area contributed by atoms with Crippen LogP contribution in [0, 0.1) is 13.8 Å². The summed E-state index contributed by atoms with van der Waals surface area (Å²) in [5.74, 6) is -0.385. The van der Waals surface area contributed by atoms with E-state index < -0.39 is 5.63 Å². The van der Waals surface area contributed by atoms with E-state index in [2.05, 4.69) is 24.0 Å². The molecule has 7 nitrogen and oxygen atoms in total. The molecular formula is C30H29N3O4S. The Bertz CT molecular complexity index is 1720. The molecule has 0 N–H and O–H groups in total. The molecule has 1 aliphatic heterocycles. The molecule has 0 spiro atoms. The summed E-state index contributed by atoms with van der Waals surface area (Å²) in [6, 6.07) is 17.5. The van der Waals surface area contributed by atoms with Crippen molar-refractivity contribution < 1.29 is 13.9 Å². The summed E-state index contributed by atoms with van der Waals surface area (Å²) in [7, 11) is 0. The van der Waals surface area contributed by atoms with E-state index in [9.17, 15) is 9.59 Å². The topological polar surface area (TPSA) is 75.9 Å². The Morgan fingerprint density at radius 3 is 2.71 bits per heavy atom. The van der Waals surface area contributed by atoms with Crippen LogP contribution in [0.3, 0.4) is 0 Å². The Kier molecular flexibility index (Phi) is 6.69. The third-order valence-corrected chi connectivity index (χ3v) is 8.15. The van der Waals surface area contributed by atoms with E-state index >= 15 is 0 Å². The molecule has 0 unspecified atom stereocenters. The van der Waals surface area contributed by atoms with Crippen molar-refractivity contribution in [2.45, 2.75) is 20.3 Å². The molecule has 38 heavy (non-hydrogen) atoms. The first kappa shape index (κ1) is 24.7. The Hall–Kier alpha value is -3.59. The third kappa shape index (κ3) is 4.71. The van der Waals surface area contributed by atoms with Crippen molar-refractivity contribution in [3.8, 4) is 0 Å². The van der Waals surface area contributed by atoms with Gasteiger partial charge in [-0.15, -0.1) is 0 Å². The predicted octanol–water partition coefficient (Wildman–Crippen LogP) is 5.54. The molecule has 6 rings (SSSR count). The van der Waals surface area contributed by atoms with Crippen molar-refractivity contribution in [3.05, 3.63) is 81.7 Å². The monoisotopic (exact) mass is 527 g/mol. The van der Waals surface area contributed by atoms with Gasteiger partial charge in [0.2, 0.25) is 0 Å². The average Bonchev–Trinajstić information content (AvgIpc) is 3.35. The molecule has 0 saturated carbocycles. The second-order valence-corrected chi connectivity index (χ2v) is 10.8. The van der Waals surface area contributed by atoms with Crippen LogP contribution in [0.2, 0.25) is 0 Å². The third-order valence-electron chi connectivity index (χ3n) is 7.13.